The van der Waals surface area contributed by atoms with E-state index in [9.17, 15) is 14.7 Å². The van der Waals surface area contributed by atoms with Gasteiger partial charge in [0, 0.05) is 16.8 Å². The van der Waals surface area contributed by atoms with Crippen molar-refractivity contribution in [3.63, 3.8) is 0 Å². The number of H-pyrrole nitrogens is 1. The summed E-state index contributed by atoms with van der Waals surface area (Å²) in [7, 11) is 0. The van der Waals surface area contributed by atoms with Crippen molar-refractivity contribution in [1.29, 1.82) is 0 Å². The number of amides is 1. The zero-order valence-electron chi connectivity index (χ0n) is 14.7. The van der Waals surface area contributed by atoms with Crippen molar-refractivity contribution in [2.45, 2.75) is 26.8 Å². The van der Waals surface area contributed by atoms with E-state index >= 15 is 0 Å². The summed E-state index contributed by atoms with van der Waals surface area (Å²) in [6.45, 7) is 5.37. The van der Waals surface area contributed by atoms with Crippen LogP contribution in [0.2, 0.25) is 0 Å². The molecular formula is C19H19N3O4. The van der Waals surface area contributed by atoms with E-state index in [0.717, 1.165) is 11.1 Å². The Balaban J connectivity index is 1.83. The average molecular weight is 353 g/mol. The number of aromatic amines is 1. The molecule has 26 heavy (non-hydrogen) atoms. The molecule has 0 fully saturated rings. The molecule has 7 heteroatoms. The molecule has 0 spiro atoms. The lowest BCUT2D eigenvalue weighted by molar-refractivity contribution is -0.139. The normalized spacial score (nSPS) is 12.0. The fourth-order valence-electron chi connectivity index (χ4n) is 2.78. The van der Waals surface area contributed by atoms with Gasteiger partial charge in [0.15, 0.2) is 11.8 Å². The van der Waals surface area contributed by atoms with Gasteiger partial charge in [0.05, 0.1) is 5.69 Å². The smallest absolute Gasteiger partial charge is 0.331 e. The SMILES string of the molecule is Cc1ccc(-c2ccc(C(=O)NC(C(=O)O)c3c(C)n[nH]c3C)o2)cc1. The Bertz CT molecular complexity index is 934. The minimum absolute atomic E-state index is 0.0469. The van der Waals surface area contributed by atoms with E-state index in [1.807, 2.05) is 31.2 Å². The highest BCUT2D eigenvalue weighted by molar-refractivity contribution is 5.95. The minimum atomic E-state index is -1.21. The predicted molar refractivity (Wildman–Crippen MR) is 94.8 cm³/mol. The summed E-state index contributed by atoms with van der Waals surface area (Å²) in [5, 5.41) is 18.7. The number of aromatic nitrogens is 2. The number of hydrogen-bond acceptors (Lipinski definition) is 4. The first-order valence-corrected chi connectivity index (χ1v) is 8.09. The molecule has 0 aliphatic heterocycles. The number of carboxylic acids is 1. The fraction of sp³-hybridized carbons (Fsp3) is 0.211. The Hall–Kier alpha value is -3.35. The van der Waals surface area contributed by atoms with Gasteiger partial charge in [0.25, 0.3) is 5.91 Å². The van der Waals surface area contributed by atoms with E-state index in [1.165, 1.54) is 6.07 Å². The van der Waals surface area contributed by atoms with Crippen molar-refractivity contribution in [1.82, 2.24) is 15.5 Å². The standard InChI is InChI=1S/C19H19N3O4/c1-10-4-6-13(7-5-10)14-8-9-15(26-14)18(23)20-17(19(24)25)16-11(2)21-22-12(16)3/h4-9,17H,1-3H3,(H,20,23)(H,21,22)(H,24,25). The Morgan fingerprint density at radius 1 is 1.12 bits per heavy atom. The molecule has 0 aliphatic rings. The number of carbonyl (C=O) groups is 2. The molecule has 0 bridgehead atoms. The zero-order chi connectivity index (χ0) is 18.8. The van der Waals surface area contributed by atoms with Gasteiger partial charge in [-0.25, -0.2) is 4.79 Å². The second-order valence-corrected chi connectivity index (χ2v) is 6.12. The third kappa shape index (κ3) is 3.37. The van der Waals surface area contributed by atoms with Gasteiger partial charge in [0.1, 0.15) is 5.76 Å². The van der Waals surface area contributed by atoms with Crippen molar-refractivity contribution in [2.75, 3.05) is 0 Å². The molecule has 0 radical (unpaired) electrons. The number of hydrogen-bond donors (Lipinski definition) is 3. The van der Waals surface area contributed by atoms with Crippen LogP contribution >= 0.6 is 0 Å². The van der Waals surface area contributed by atoms with Gasteiger partial charge in [0.2, 0.25) is 0 Å². The Morgan fingerprint density at radius 2 is 1.81 bits per heavy atom. The monoisotopic (exact) mass is 353 g/mol. The molecule has 1 unspecified atom stereocenters. The van der Waals surface area contributed by atoms with Crippen LogP contribution in [0.25, 0.3) is 11.3 Å². The Labute approximate surface area is 150 Å². The van der Waals surface area contributed by atoms with Crippen molar-refractivity contribution < 1.29 is 19.1 Å². The van der Waals surface area contributed by atoms with Gasteiger partial charge in [-0.05, 0) is 32.9 Å². The van der Waals surface area contributed by atoms with Crippen LogP contribution < -0.4 is 5.32 Å². The van der Waals surface area contributed by atoms with Crippen LogP contribution in [0, 0.1) is 20.8 Å². The first kappa shape index (κ1) is 17.5. The quantitative estimate of drug-likeness (QED) is 0.653. The van der Waals surface area contributed by atoms with Crippen LogP contribution in [-0.4, -0.2) is 27.2 Å². The molecule has 3 rings (SSSR count). The summed E-state index contributed by atoms with van der Waals surface area (Å²) in [6.07, 6.45) is 0. The highest BCUT2D eigenvalue weighted by Gasteiger charge is 2.28. The summed E-state index contributed by atoms with van der Waals surface area (Å²) in [5.41, 5.74) is 3.51. The molecule has 134 valence electrons. The lowest BCUT2D eigenvalue weighted by Crippen LogP contribution is -2.34. The number of nitrogens with zero attached hydrogens (tertiary/aromatic N) is 1. The molecule has 1 atom stereocenters. The minimum Gasteiger partial charge on any atom is -0.479 e. The molecule has 1 aromatic carbocycles. The van der Waals surface area contributed by atoms with Crippen LogP contribution in [0.1, 0.15) is 39.1 Å². The highest BCUT2D eigenvalue weighted by Crippen LogP contribution is 2.24. The third-order valence-corrected chi connectivity index (χ3v) is 4.16. The molecule has 0 aliphatic carbocycles. The predicted octanol–water partition coefficient (Wildman–Crippen LogP) is 3.15. The first-order valence-electron chi connectivity index (χ1n) is 8.09. The van der Waals surface area contributed by atoms with E-state index in [2.05, 4.69) is 15.5 Å². The number of carbonyl (C=O) groups excluding carboxylic acids is 1. The number of rotatable bonds is 5. The Morgan fingerprint density at radius 3 is 2.38 bits per heavy atom. The number of furan rings is 1. The second-order valence-electron chi connectivity index (χ2n) is 6.12. The number of aliphatic carboxylic acids is 1. The Kier molecular flexibility index (Phi) is 4.62. The van der Waals surface area contributed by atoms with E-state index in [0.29, 0.717) is 22.7 Å². The van der Waals surface area contributed by atoms with Crippen molar-refractivity contribution >= 4 is 11.9 Å². The highest BCUT2D eigenvalue weighted by atomic mass is 16.4. The lowest BCUT2D eigenvalue weighted by atomic mass is 10.0. The van der Waals surface area contributed by atoms with Gasteiger partial charge >= 0.3 is 5.97 Å². The van der Waals surface area contributed by atoms with Crippen LogP contribution in [0.15, 0.2) is 40.8 Å². The molecule has 3 aromatic rings. The zero-order valence-corrected chi connectivity index (χ0v) is 14.7. The molecular weight excluding hydrogens is 334 g/mol. The average Bonchev–Trinajstić information content (AvgIpc) is 3.21. The number of nitrogens with one attached hydrogen (secondary N) is 2. The van der Waals surface area contributed by atoms with E-state index in [1.54, 1.807) is 19.9 Å². The van der Waals surface area contributed by atoms with Gasteiger partial charge in [-0.15, -0.1) is 0 Å². The molecule has 7 nitrogen and oxygen atoms in total. The maximum Gasteiger partial charge on any atom is 0.331 e. The first-order chi connectivity index (χ1) is 12.4. The molecule has 1 amide bonds. The largest absolute Gasteiger partial charge is 0.479 e. The topological polar surface area (TPSA) is 108 Å². The van der Waals surface area contributed by atoms with Gasteiger partial charge in [-0.3, -0.25) is 9.89 Å². The summed E-state index contributed by atoms with van der Waals surface area (Å²) in [6, 6.07) is 9.68. The van der Waals surface area contributed by atoms with Gasteiger partial charge < -0.3 is 14.8 Å². The maximum atomic E-state index is 12.5. The van der Waals surface area contributed by atoms with Crippen LogP contribution in [0.5, 0.6) is 0 Å². The van der Waals surface area contributed by atoms with E-state index in [4.69, 9.17) is 4.42 Å². The van der Waals surface area contributed by atoms with Gasteiger partial charge in [-0.1, -0.05) is 29.8 Å². The van der Waals surface area contributed by atoms with Crippen LogP contribution in [0.4, 0.5) is 0 Å². The van der Waals surface area contributed by atoms with Crippen LogP contribution in [-0.2, 0) is 4.79 Å². The molecule has 0 saturated carbocycles. The summed E-state index contributed by atoms with van der Waals surface area (Å²) >= 11 is 0. The van der Waals surface area contributed by atoms with Crippen molar-refractivity contribution in [3.05, 3.63) is 64.7 Å². The molecule has 2 heterocycles. The summed E-state index contributed by atoms with van der Waals surface area (Å²) < 4.78 is 5.60. The van der Waals surface area contributed by atoms with Gasteiger partial charge in [-0.2, -0.15) is 5.10 Å². The number of benzene rings is 1. The lowest BCUT2D eigenvalue weighted by Gasteiger charge is -2.14. The maximum absolute atomic E-state index is 12.5. The van der Waals surface area contributed by atoms with E-state index < -0.39 is 17.9 Å². The molecule has 2 aromatic heterocycles. The van der Waals surface area contributed by atoms with Crippen molar-refractivity contribution in [3.8, 4) is 11.3 Å². The number of aryl methyl sites for hydroxylation is 3. The third-order valence-electron chi connectivity index (χ3n) is 4.16. The number of carboxylic acid groups (broad SMARTS) is 1. The molecule has 3 N–H and O–H groups in total. The van der Waals surface area contributed by atoms with Crippen LogP contribution in [0.3, 0.4) is 0 Å². The summed E-state index contributed by atoms with van der Waals surface area (Å²) in [4.78, 5) is 24.1. The van der Waals surface area contributed by atoms with E-state index in [-0.39, 0.29) is 5.76 Å². The van der Waals surface area contributed by atoms with Crippen molar-refractivity contribution in [2.24, 2.45) is 0 Å². The fourth-order valence-corrected chi connectivity index (χ4v) is 2.78. The molecule has 0 saturated heterocycles. The summed E-state index contributed by atoms with van der Waals surface area (Å²) in [5.74, 6) is -1.18. The second kappa shape index (κ2) is 6.87.